The average Bonchev–Trinajstić information content (AvgIpc) is 3.26. The zero-order chi connectivity index (χ0) is 21.3. The molecule has 7 nitrogen and oxygen atoms in total. The van der Waals surface area contributed by atoms with Crippen molar-refractivity contribution in [1.82, 2.24) is 15.5 Å². The highest BCUT2D eigenvalue weighted by Gasteiger charge is 2.16. The summed E-state index contributed by atoms with van der Waals surface area (Å²) < 4.78 is 10.7. The maximum Gasteiger partial charge on any atom is 0.267 e. The van der Waals surface area contributed by atoms with Crippen molar-refractivity contribution >= 4 is 17.9 Å². The first-order valence-electron chi connectivity index (χ1n) is 10.2. The Balaban J connectivity index is 1.61. The highest BCUT2D eigenvalue weighted by atomic mass is 16.5. The van der Waals surface area contributed by atoms with E-state index in [1.54, 1.807) is 18.2 Å². The normalized spacial score (nSPS) is 15.1. The van der Waals surface area contributed by atoms with E-state index in [0.29, 0.717) is 17.9 Å². The van der Waals surface area contributed by atoms with Crippen LogP contribution in [-0.4, -0.2) is 56.1 Å². The number of rotatable bonds is 8. The summed E-state index contributed by atoms with van der Waals surface area (Å²) in [4.78, 5) is 27.8. The maximum atomic E-state index is 12.7. The van der Waals surface area contributed by atoms with Gasteiger partial charge in [-0.15, -0.1) is 0 Å². The highest BCUT2D eigenvalue weighted by Crippen LogP contribution is 2.12. The van der Waals surface area contributed by atoms with Gasteiger partial charge in [0.25, 0.3) is 11.8 Å². The van der Waals surface area contributed by atoms with Crippen LogP contribution in [0.4, 0.5) is 0 Å². The summed E-state index contributed by atoms with van der Waals surface area (Å²) in [6, 6.07) is 8.92. The number of amides is 2. The van der Waals surface area contributed by atoms with Gasteiger partial charge >= 0.3 is 0 Å². The number of morpholine rings is 1. The van der Waals surface area contributed by atoms with Gasteiger partial charge in [0, 0.05) is 31.3 Å². The lowest BCUT2D eigenvalue weighted by Gasteiger charge is -2.26. The van der Waals surface area contributed by atoms with E-state index in [4.69, 9.17) is 9.15 Å². The monoisotopic (exact) mass is 411 g/mol. The van der Waals surface area contributed by atoms with Crippen molar-refractivity contribution < 1.29 is 18.7 Å². The molecule has 0 radical (unpaired) electrons. The van der Waals surface area contributed by atoms with E-state index < -0.39 is 0 Å². The highest BCUT2D eigenvalue weighted by molar-refractivity contribution is 6.05. The molecule has 1 aromatic carbocycles. The Labute approximate surface area is 177 Å². The number of nitrogens with zero attached hydrogens (tertiary/aromatic N) is 1. The molecule has 2 amide bonds. The summed E-state index contributed by atoms with van der Waals surface area (Å²) in [7, 11) is 0. The number of nitrogens with one attached hydrogen (secondary N) is 2. The predicted molar refractivity (Wildman–Crippen MR) is 115 cm³/mol. The second-order valence-corrected chi connectivity index (χ2v) is 7.39. The number of carbonyl (C=O) groups is 2. The fraction of sp³-hybridized carbons (Fsp3) is 0.391. The van der Waals surface area contributed by atoms with E-state index in [2.05, 4.69) is 15.5 Å². The molecule has 0 bridgehead atoms. The first-order valence-corrected chi connectivity index (χ1v) is 10.2. The molecule has 1 saturated heterocycles. The van der Waals surface area contributed by atoms with Crippen LogP contribution in [0.2, 0.25) is 0 Å². The summed E-state index contributed by atoms with van der Waals surface area (Å²) in [6.45, 7) is 8.71. The minimum Gasteiger partial charge on any atom is -0.465 e. The van der Waals surface area contributed by atoms with Gasteiger partial charge in [0.2, 0.25) is 0 Å². The number of hydrogen-bond donors (Lipinski definition) is 2. The van der Waals surface area contributed by atoms with E-state index in [1.165, 1.54) is 12.3 Å². The topological polar surface area (TPSA) is 83.8 Å². The Hall–Kier alpha value is -2.90. The van der Waals surface area contributed by atoms with Gasteiger partial charge in [-0.2, -0.15) is 0 Å². The van der Waals surface area contributed by atoms with Crippen LogP contribution in [0.1, 0.15) is 33.7 Å². The maximum absolute atomic E-state index is 12.7. The summed E-state index contributed by atoms with van der Waals surface area (Å²) in [5, 5.41) is 5.62. The number of aryl methyl sites for hydroxylation is 2. The molecule has 7 heteroatoms. The van der Waals surface area contributed by atoms with E-state index >= 15 is 0 Å². The number of furan rings is 1. The molecule has 160 valence electrons. The van der Waals surface area contributed by atoms with Crippen molar-refractivity contribution in [3.63, 3.8) is 0 Å². The standard InChI is InChI=1S/C23H29N3O4/c1-17-6-7-19(15-18(17)2)22(27)25-21(16-20-5-3-12-30-20)23(28)24-8-4-9-26-10-13-29-14-11-26/h3,5-7,12,15-16H,4,8-11,13-14H2,1-2H3,(H,24,28)(H,25,27). The van der Waals surface area contributed by atoms with E-state index in [-0.39, 0.29) is 17.5 Å². The van der Waals surface area contributed by atoms with Crippen LogP contribution in [-0.2, 0) is 9.53 Å². The van der Waals surface area contributed by atoms with Crippen LogP contribution in [0.5, 0.6) is 0 Å². The molecule has 3 rings (SSSR count). The largest absolute Gasteiger partial charge is 0.465 e. The molecule has 2 N–H and O–H groups in total. The summed E-state index contributed by atoms with van der Waals surface area (Å²) in [6.07, 6.45) is 3.88. The molecule has 0 atom stereocenters. The van der Waals surface area contributed by atoms with Gasteiger partial charge in [-0.25, -0.2) is 0 Å². The minimum absolute atomic E-state index is 0.152. The Kier molecular flexibility index (Phi) is 7.82. The SMILES string of the molecule is Cc1ccc(C(=O)NC(=Cc2ccco2)C(=O)NCCCN2CCOCC2)cc1C. The van der Waals surface area contributed by atoms with Crippen molar-refractivity contribution in [3.05, 3.63) is 64.7 Å². The van der Waals surface area contributed by atoms with E-state index in [9.17, 15) is 9.59 Å². The fourth-order valence-corrected chi connectivity index (χ4v) is 3.18. The van der Waals surface area contributed by atoms with Gasteiger partial charge < -0.3 is 19.8 Å². The van der Waals surface area contributed by atoms with Crippen molar-refractivity contribution in [2.24, 2.45) is 0 Å². The van der Waals surface area contributed by atoms with Gasteiger partial charge in [0.15, 0.2) is 0 Å². The summed E-state index contributed by atoms with van der Waals surface area (Å²) in [5.74, 6) is -0.182. The quantitative estimate of drug-likeness (QED) is 0.515. The van der Waals surface area contributed by atoms with Gasteiger partial charge in [-0.1, -0.05) is 6.07 Å². The van der Waals surface area contributed by atoms with Crippen molar-refractivity contribution in [2.45, 2.75) is 20.3 Å². The third-order valence-corrected chi connectivity index (χ3v) is 5.13. The van der Waals surface area contributed by atoms with Gasteiger partial charge in [-0.05, 0) is 62.2 Å². The number of hydrogen-bond acceptors (Lipinski definition) is 5. The molecular formula is C23H29N3O4. The molecule has 2 heterocycles. The fourth-order valence-electron chi connectivity index (χ4n) is 3.18. The zero-order valence-electron chi connectivity index (χ0n) is 17.6. The molecule has 1 aliphatic heterocycles. The third kappa shape index (κ3) is 6.30. The molecule has 1 fully saturated rings. The predicted octanol–water partition coefficient (Wildman–Crippen LogP) is 2.51. The lowest BCUT2D eigenvalue weighted by Crippen LogP contribution is -2.39. The van der Waals surface area contributed by atoms with Crippen LogP contribution < -0.4 is 10.6 Å². The number of ether oxygens (including phenoxy) is 1. The number of benzene rings is 1. The molecule has 1 aromatic heterocycles. The van der Waals surface area contributed by atoms with Crippen molar-refractivity contribution in [1.29, 1.82) is 0 Å². The second kappa shape index (κ2) is 10.8. The molecule has 0 aliphatic carbocycles. The molecule has 2 aromatic rings. The second-order valence-electron chi connectivity index (χ2n) is 7.39. The Morgan fingerprint density at radius 2 is 1.93 bits per heavy atom. The molecule has 0 unspecified atom stereocenters. The van der Waals surface area contributed by atoms with E-state index in [1.807, 2.05) is 26.0 Å². The lowest BCUT2D eigenvalue weighted by atomic mass is 10.1. The molecular weight excluding hydrogens is 382 g/mol. The van der Waals surface area contributed by atoms with Crippen LogP contribution in [0.3, 0.4) is 0 Å². The van der Waals surface area contributed by atoms with Crippen molar-refractivity contribution in [3.8, 4) is 0 Å². The van der Waals surface area contributed by atoms with Crippen LogP contribution in [0, 0.1) is 13.8 Å². The first kappa shape index (κ1) is 21.8. The van der Waals surface area contributed by atoms with Crippen molar-refractivity contribution in [2.75, 3.05) is 39.4 Å². The molecule has 0 spiro atoms. The molecule has 30 heavy (non-hydrogen) atoms. The van der Waals surface area contributed by atoms with Crippen LogP contribution >= 0.6 is 0 Å². The first-order chi connectivity index (χ1) is 14.5. The third-order valence-electron chi connectivity index (χ3n) is 5.13. The van der Waals surface area contributed by atoms with Gasteiger partial charge in [0.1, 0.15) is 11.5 Å². The Morgan fingerprint density at radius 3 is 2.63 bits per heavy atom. The van der Waals surface area contributed by atoms with Gasteiger partial charge in [0.05, 0.1) is 19.5 Å². The smallest absolute Gasteiger partial charge is 0.267 e. The Bertz CT molecular complexity index is 884. The number of carbonyl (C=O) groups excluding carboxylic acids is 2. The van der Waals surface area contributed by atoms with E-state index in [0.717, 1.165) is 50.4 Å². The average molecular weight is 412 g/mol. The molecule has 1 aliphatic rings. The summed E-state index contributed by atoms with van der Waals surface area (Å²) in [5.41, 5.74) is 2.78. The van der Waals surface area contributed by atoms with Crippen LogP contribution in [0.15, 0.2) is 46.7 Å². The van der Waals surface area contributed by atoms with Crippen LogP contribution in [0.25, 0.3) is 6.08 Å². The van der Waals surface area contributed by atoms with Gasteiger partial charge in [-0.3, -0.25) is 14.5 Å². The Morgan fingerprint density at radius 1 is 1.13 bits per heavy atom. The lowest BCUT2D eigenvalue weighted by molar-refractivity contribution is -0.117. The molecule has 0 saturated carbocycles. The summed E-state index contributed by atoms with van der Waals surface area (Å²) >= 11 is 0. The minimum atomic E-state index is -0.342. The zero-order valence-corrected chi connectivity index (χ0v) is 17.6.